The molecule has 1 aliphatic heterocycles. The van der Waals surface area contributed by atoms with Crippen molar-refractivity contribution in [3.8, 4) is 0 Å². The van der Waals surface area contributed by atoms with Crippen molar-refractivity contribution >= 4 is 28.1 Å². The van der Waals surface area contributed by atoms with Crippen molar-refractivity contribution < 1.29 is 18.1 Å². The molecule has 0 spiro atoms. The van der Waals surface area contributed by atoms with Crippen LogP contribution in [0.25, 0.3) is 0 Å². The third-order valence-electron chi connectivity index (χ3n) is 4.10. The molecule has 0 bridgehead atoms. The molecule has 8 nitrogen and oxygen atoms in total. The molecule has 2 rings (SSSR count). The molecule has 1 fully saturated rings. The summed E-state index contributed by atoms with van der Waals surface area (Å²) in [5, 5.41) is 10.9. The van der Waals surface area contributed by atoms with Gasteiger partial charge in [0.2, 0.25) is 10.0 Å². The molecule has 1 heterocycles. The molecule has 0 saturated carbocycles. The summed E-state index contributed by atoms with van der Waals surface area (Å²) in [6, 6.07) is 3.91. The van der Waals surface area contributed by atoms with Crippen LogP contribution >= 0.6 is 12.4 Å². The van der Waals surface area contributed by atoms with Crippen LogP contribution in [0.1, 0.15) is 24.8 Å². The van der Waals surface area contributed by atoms with Crippen LogP contribution in [0.3, 0.4) is 0 Å². The molecule has 1 aromatic rings. The molecule has 10 heteroatoms. The van der Waals surface area contributed by atoms with Gasteiger partial charge in [0.15, 0.2) is 0 Å². The van der Waals surface area contributed by atoms with Crippen LogP contribution in [-0.4, -0.2) is 50.0 Å². The zero-order chi connectivity index (χ0) is 17.7. The summed E-state index contributed by atoms with van der Waals surface area (Å²) in [4.78, 5) is 10.3. The number of nitro benzene ring substituents is 1. The highest BCUT2D eigenvalue weighted by atomic mass is 35.5. The minimum Gasteiger partial charge on any atom is -0.378 e. The van der Waals surface area contributed by atoms with Gasteiger partial charge in [-0.05, 0) is 38.3 Å². The minimum atomic E-state index is -3.74. The van der Waals surface area contributed by atoms with Gasteiger partial charge in [-0.15, -0.1) is 12.4 Å². The van der Waals surface area contributed by atoms with Crippen molar-refractivity contribution in [2.45, 2.75) is 37.2 Å². The molecular formula is C15H24ClN3O5S. The van der Waals surface area contributed by atoms with Crippen LogP contribution in [0, 0.1) is 17.0 Å². The topological polar surface area (TPSA) is 116 Å². The molecule has 142 valence electrons. The molecule has 0 aromatic heterocycles. The number of nitrogens with two attached hydrogens (primary N) is 1. The second kappa shape index (κ2) is 9.44. The lowest BCUT2D eigenvalue weighted by Gasteiger charge is -2.31. The number of piperidine rings is 1. The zero-order valence-corrected chi connectivity index (χ0v) is 15.7. The molecular weight excluding hydrogens is 370 g/mol. The van der Waals surface area contributed by atoms with Crippen LogP contribution < -0.4 is 5.73 Å². The third-order valence-corrected chi connectivity index (χ3v) is 6.14. The van der Waals surface area contributed by atoms with E-state index in [0.717, 1.165) is 12.5 Å². The van der Waals surface area contributed by atoms with E-state index < -0.39 is 14.9 Å². The average Bonchev–Trinajstić information content (AvgIpc) is 2.55. The highest BCUT2D eigenvalue weighted by molar-refractivity contribution is 7.89. The number of hydrogen-bond donors (Lipinski definition) is 1. The fraction of sp³-hybridized carbons (Fsp3) is 0.600. The largest absolute Gasteiger partial charge is 0.378 e. The first-order valence-corrected chi connectivity index (χ1v) is 9.37. The summed E-state index contributed by atoms with van der Waals surface area (Å²) in [5.41, 5.74) is 5.70. The van der Waals surface area contributed by atoms with E-state index in [1.165, 1.54) is 16.4 Å². The Morgan fingerprint density at radius 2 is 2.00 bits per heavy atom. The molecule has 1 aliphatic rings. The van der Waals surface area contributed by atoms with E-state index in [-0.39, 0.29) is 29.1 Å². The van der Waals surface area contributed by atoms with Gasteiger partial charge in [-0.25, -0.2) is 8.42 Å². The van der Waals surface area contributed by atoms with Gasteiger partial charge in [-0.3, -0.25) is 10.1 Å². The minimum absolute atomic E-state index is 0. The van der Waals surface area contributed by atoms with Crippen LogP contribution in [0.5, 0.6) is 0 Å². The maximum Gasteiger partial charge on any atom is 0.270 e. The number of nitrogens with zero attached hydrogens (tertiary/aromatic N) is 2. The lowest BCUT2D eigenvalue weighted by molar-refractivity contribution is -0.385. The van der Waals surface area contributed by atoms with Gasteiger partial charge in [0.05, 0.1) is 15.9 Å². The molecule has 0 radical (unpaired) electrons. The van der Waals surface area contributed by atoms with Gasteiger partial charge >= 0.3 is 0 Å². The number of rotatable bonds is 7. The van der Waals surface area contributed by atoms with Crippen molar-refractivity contribution in [3.05, 3.63) is 33.9 Å². The highest BCUT2D eigenvalue weighted by Gasteiger charge is 2.31. The van der Waals surface area contributed by atoms with Gasteiger partial charge < -0.3 is 10.5 Å². The van der Waals surface area contributed by atoms with Crippen LogP contribution in [0.15, 0.2) is 23.1 Å². The normalized spacial score (nSPS) is 16.4. The fourth-order valence-electron chi connectivity index (χ4n) is 2.69. The smallest absolute Gasteiger partial charge is 0.270 e. The van der Waals surface area contributed by atoms with Crippen LogP contribution in [0.2, 0.25) is 0 Å². The fourth-order valence-corrected chi connectivity index (χ4v) is 4.41. The predicted octanol–water partition coefficient (Wildman–Crippen LogP) is 1.84. The summed E-state index contributed by atoms with van der Waals surface area (Å²) >= 11 is 0. The second-order valence-electron chi connectivity index (χ2n) is 5.82. The zero-order valence-electron chi connectivity index (χ0n) is 14.1. The van der Waals surface area contributed by atoms with E-state index in [1.54, 1.807) is 6.92 Å². The van der Waals surface area contributed by atoms with Crippen molar-refractivity contribution in [1.29, 1.82) is 0 Å². The van der Waals surface area contributed by atoms with Crippen molar-refractivity contribution in [2.75, 3.05) is 26.2 Å². The maximum absolute atomic E-state index is 12.8. The average molecular weight is 394 g/mol. The Bertz CT molecular complexity index is 690. The Morgan fingerprint density at radius 1 is 1.36 bits per heavy atom. The molecule has 0 aliphatic carbocycles. The number of sulfonamides is 1. The van der Waals surface area contributed by atoms with E-state index >= 15 is 0 Å². The summed E-state index contributed by atoms with van der Waals surface area (Å²) in [7, 11) is -3.74. The molecule has 0 atom stereocenters. The van der Waals surface area contributed by atoms with Crippen LogP contribution in [0.4, 0.5) is 5.69 Å². The first kappa shape index (κ1) is 21.8. The molecule has 2 N–H and O–H groups in total. The van der Waals surface area contributed by atoms with Gasteiger partial charge in [-0.2, -0.15) is 4.31 Å². The Morgan fingerprint density at radius 3 is 2.56 bits per heavy atom. The number of hydrogen-bond acceptors (Lipinski definition) is 6. The first-order chi connectivity index (χ1) is 11.4. The lowest BCUT2D eigenvalue weighted by Crippen LogP contribution is -2.41. The Balaban J connectivity index is 0.00000312. The standard InChI is InChI=1S/C15H23N3O5S.ClH/c1-12-3-4-13(18(19)20)11-15(12)24(21,22)17-8-5-14(6-9-17)23-10-2-7-16;/h3-4,11,14H,2,5-10,16H2,1H3;1H. The molecule has 1 saturated heterocycles. The van der Waals surface area contributed by atoms with Crippen molar-refractivity contribution in [2.24, 2.45) is 5.73 Å². The first-order valence-electron chi connectivity index (χ1n) is 7.93. The maximum atomic E-state index is 12.8. The van der Waals surface area contributed by atoms with Gasteiger partial charge in [-0.1, -0.05) is 6.07 Å². The number of nitro groups is 1. The number of aryl methyl sites for hydroxylation is 1. The van der Waals surface area contributed by atoms with Gasteiger partial charge in [0.25, 0.3) is 5.69 Å². The van der Waals surface area contributed by atoms with E-state index in [2.05, 4.69) is 0 Å². The summed E-state index contributed by atoms with van der Waals surface area (Å²) in [5.74, 6) is 0. The van der Waals surface area contributed by atoms with E-state index in [1.807, 2.05) is 0 Å². The summed E-state index contributed by atoms with van der Waals surface area (Å²) in [6.07, 6.45) is 2.04. The van der Waals surface area contributed by atoms with E-state index in [4.69, 9.17) is 10.5 Å². The number of benzene rings is 1. The lowest BCUT2D eigenvalue weighted by atomic mass is 10.1. The van der Waals surface area contributed by atoms with Gasteiger partial charge in [0, 0.05) is 31.8 Å². The van der Waals surface area contributed by atoms with Crippen molar-refractivity contribution in [1.82, 2.24) is 4.31 Å². The van der Waals surface area contributed by atoms with E-state index in [0.29, 0.717) is 44.6 Å². The molecule has 0 amide bonds. The SMILES string of the molecule is Cc1ccc([N+](=O)[O-])cc1S(=O)(=O)N1CCC(OCCCN)CC1.Cl. The summed E-state index contributed by atoms with van der Waals surface area (Å²) < 4.78 is 32.6. The third kappa shape index (κ3) is 5.35. The van der Waals surface area contributed by atoms with Crippen molar-refractivity contribution in [3.63, 3.8) is 0 Å². The predicted molar refractivity (Wildman–Crippen MR) is 96.5 cm³/mol. The quantitative estimate of drug-likeness (QED) is 0.429. The molecule has 0 unspecified atom stereocenters. The van der Waals surface area contributed by atoms with E-state index in [9.17, 15) is 18.5 Å². The molecule has 25 heavy (non-hydrogen) atoms. The monoisotopic (exact) mass is 393 g/mol. The van der Waals surface area contributed by atoms with Crippen LogP contribution in [-0.2, 0) is 14.8 Å². The summed E-state index contributed by atoms with van der Waals surface area (Å²) in [6.45, 7) is 3.48. The number of ether oxygens (including phenoxy) is 1. The molecule has 1 aromatic carbocycles. The Kier molecular flexibility index (Phi) is 8.23. The van der Waals surface area contributed by atoms with Gasteiger partial charge in [0.1, 0.15) is 0 Å². The highest BCUT2D eigenvalue weighted by Crippen LogP contribution is 2.27. The Labute approximate surface area is 153 Å². The number of non-ortho nitro benzene ring substituents is 1. The second-order valence-corrected chi connectivity index (χ2v) is 7.73. The Hall–Kier alpha value is -1.26. The number of halogens is 1.